The van der Waals surface area contributed by atoms with Crippen LogP contribution in [0, 0.1) is 6.92 Å². The summed E-state index contributed by atoms with van der Waals surface area (Å²) in [5.74, 6) is 0.703. The van der Waals surface area contributed by atoms with Gasteiger partial charge in [0.1, 0.15) is 22.5 Å². The van der Waals surface area contributed by atoms with Crippen molar-refractivity contribution in [3.63, 3.8) is 0 Å². The molecule has 0 saturated heterocycles. The number of benzene rings is 3. The third kappa shape index (κ3) is 3.69. The Hall–Kier alpha value is -2.79. The molecule has 27 heavy (non-hydrogen) atoms. The molecule has 0 spiro atoms. The number of phenols is 1. The van der Waals surface area contributed by atoms with E-state index >= 15 is 0 Å². The van der Waals surface area contributed by atoms with Crippen molar-refractivity contribution < 1.29 is 5.11 Å². The van der Waals surface area contributed by atoms with Gasteiger partial charge in [0, 0.05) is 9.79 Å². The summed E-state index contributed by atoms with van der Waals surface area (Å²) in [6, 6.07) is 20.1. The van der Waals surface area contributed by atoms with Gasteiger partial charge in [-0.1, -0.05) is 43.8 Å². The summed E-state index contributed by atoms with van der Waals surface area (Å²) in [5.41, 5.74) is 4.58. The standard InChI is InChI=1S/C22H21N3OS/c1-14(2)16-5-7-17(8-6-16)27-18-9-10-19-20(13-18)24-25(23-19)21-12-15(3)4-11-22(21)26/h4-14,26H,1-3H3. The summed E-state index contributed by atoms with van der Waals surface area (Å²) in [7, 11) is 0. The van der Waals surface area contributed by atoms with Crippen molar-refractivity contribution in [1.82, 2.24) is 15.0 Å². The number of hydrogen-bond donors (Lipinski definition) is 1. The number of hydrogen-bond acceptors (Lipinski definition) is 4. The molecule has 0 bridgehead atoms. The maximum atomic E-state index is 10.1. The lowest BCUT2D eigenvalue weighted by molar-refractivity contribution is 0.467. The van der Waals surface area contributed by atoms with E-state index in [4.69, 9.17) is 0 Å². The molecule has 0 atom stereocenters. The van der Waals surface area contributed by atoms with Gasteiger partial charge in [-0.05, 0) is 66.4 Å². The Morgan fingerprint density at radius 2 is 1.56 bits per heavy atom. The smallest absolute Gasteiger partial charge is 0.143 e. The first-order chi connectivity index (χ1) is 13.0. The molecular formula is C22H21N3OS. The van der Waals surface area contributed by atoms with E-state index in [9.17, 15) is 5.11 Å². The Bertz CT molecular complexity index is 1100. The van der Waals surface area contributed by atoms with E-state index < -0.39 is 0 Å². The molecule has 0 amide bonds. The second kappa shape index (κ2) is 7.08. The predicted molar refractivity (Wildman–Crippen MR) is 110 cm³/mol. The Kier molecular flexibility index (Phi) is 4.62. The van der Waals surface area contributed by atoms with E-state index in [1.165, 1.54) is 15.3 Å². The molecule has 4 rings (SSSR count). The third-order valence-corrected chi connectivity index (χ3v) is 5.48. The molecule has 136 valence electrons. The van der Waals surface area contributed by atoms with Crippen LogP contribution in [0.3, 0.4) is 0 Å². The van der Waals surface area contributed by atoms with Crippen molar-refractivity contribution in [2.75, 3.05) is 0 Å². The van der Waals surface area contributed by atoms with Crippen LogP contribution in [0.15, 0.2) is 70.5 Å². The fraction of sp³-hybridized carbons (Fsp3) is 0.182. The van der Waals surface area contributed by atoms with Gasteiger partial charge < -0.3 is 5.11 Å². The molecule has 0 aliphatic carbocycles. The van der Waals surface area contributed by atoms with Gasteiger partial charge >= 0.3 is 0 Å². The second-order valence-corrected chi connectivity index (χ2v) is 8.10. The highest BCUT2D eigenvalue weighted by atomic mass is 32.2. The molecule has 0 aliphatic rings. The van der Waals surface area contributed by atoms with Crippen molar-refractivity contribution in [1.29, 1.82) is 0 Å². The van der Waals surface area contributed by atoms with Crippen molar-refractivity contribution >= 4 is 22.8 Å². The Balaban J connectivity index is 1.63. The fourth-order valence-corrected chi connectivity index (χ4v) is 3.77. The molecule has 1 heterocycles. The molecule has 0 unspecified atom stereocenters. The molecule has 3 aromatic carbocycles. The van der Waals surface area contributed by atoms with E-state index in [-0.39, 0.29) is 5.75 Å². The molecular weight excluding hydrogens is 354 g/mol. The summed E-state index contributed by atoms with van der Waals surface area (Å²) in [6.07, 6.45) is 0. The summed E-state index contributed by atoms with van der Waals surface area (Å²) in [4.78, 5) is 3.81. The highest BCUT2D eigenvalue weighted by Crippen LogP contribution is 2.31. The van der Waals surface area contributed by atoms with Crippen LogP contribution in [0.5, 0.6) is 5.75 Å². The molecule has 0 aliphatic heterocycles. The van der Waals surface area contributed by atoms with Gasteiger partial charge in [-0.3, -0.25) is 0 Å². The quantitative estimate of drug-likeness (QED) is 0.496. The first-order valence-electron chi connectivity index (χ1n) is 8.94. The van der Waals surface area contributed by atoms with Crippen LogP contribution in [-0.4, -0.2) is 20.1 Å². The van der Waals surface area contributed by atoms with Gasteiger partial charge in [0.15, 0.2) is 0 Å². The lowest BCUT2D eigenvalue weighted by Crippen LogP contribution is -1.99. The lowest BCUT2D eigenvalue weighted by atomic mass is 10.0. The topological polar surface area (TPSA) is 50.9 Å². The Morgan fingerprint density at radius 3 is 2.30 bits per heavy atom. The van der Waals surface area contributed by atoms with Crippen molar-refractivity contribution in [2.24, 2.45) is 0 Å². The average Bonchev–Trinajstić information content (AvgIpc) is 3.07. The summed E-state index contributed by atoms with van der Waals surface area (Å²) >= 11 is 1.71. The highest BCUT2D eigenvalue weighted by molar-refractivity contribution is 7.99. The van der Waals surface area contributed by atoms with Crippen molar-refractivity contribution in [3.8, 4) is 11.4 Å². The number of rotatable bonds is 4. The van der Waals surface area contributed by atoms with Gasteiger partial charge in [0.2, 0.25) is 0 Å². The first kappa shape index (κ1) is 17.6. The number of aryl methyl sites for hydroxylation is 1. The van der Waals surface area contributed by atoms with Gasteiger partial charge in [-0.2, -0.15) is 0 Å². The summed E-state index contributed by atoms with van der Waals surface area (Å²) < 4.78 is 0. The summed E-state index contributed by atoms with van der Waals surface area (Å²) in [6.45, 7) is 6.38. The van der Waals surface area contributed by atoms with E-state index in [0.717, 1.165) is 21.5 Å². The molecule has 1 N–H and O–H groups in total. The van der Waals surface area contributed by atoms with Gasteiger partial charge in [0.25, 0.3) is 0 Å². The van der Waals surface area contributed by atoms with Crippen LogP contribution in [0.4, 0.5) is 0 Å². The largest absolute Gasteiger partial charge is 0.506 e. The zero-order valence-electron chi connectivity index (χ0n) is 15.5. The van der Waals surface area contributed by atoms with Crippen LogP contribution in [-0.2, 0) is 0 Å². The monoisotopic (exact) mass is 375 g/mol. The average molecular weight is 375 g/mol. The molecule has 4 aromatic rings. The van der Waals surface area contributed by atoms with Crippen molar-refractivity contribution in [3.05, 3.63) is 71.8 Å². The van der Waals surface area contributed by atoms with E-state index in [2.05, 4.69) is 54.4 Å². The van der Waals surface area contributed by atoms with E-state index in [0.29, 0.717) is 11.6 Å². The van der Waals surface area contributed by atoms with Gasteiger partial charge in [0.05, 0.1) is 0 Å². The van der Waals surface area contributed by atoms with E-state index in [1.807, 2.05) is 31.2 Å². The molecule has 0 radical (unpaired) electrons. The zero-order chi connectivity index (χ0) is 19.0. The van der Waals surface area contributed by atoms with Crippen LogP contribution in [0.25, 0.3) is 16.7 Å². The normalized spacial score (nSPS) is 11.4. The molecule has 4 nitrogen and oxygen atoms in total. The third-order valence-electron chi connectivity index (χ3n) is 4.48. The zero-order valence-corrected chi connectivity index (χ0v) is 16.4. The summed E-state index contributed by atoms with van der Waals surface area (Å²) in [5, 5.41) is 19.2. The van der Waals surface area contributed by atoms with E-state index in [1.54, 1.807) is 17.8 Å². The molecule has 0 fully saturated rings. The second-order valence-electron chi connectivity index (χ2n) is 6.96. The minimum absolute atomic E-state index is 0.167. The Morgan fingerprint density at radius 1 is 0.852 bits per heavy atom. The number of phenolic OH excluding ortho intramolecular Hbond substituents is 1. The maximum absolute atomic E-state index is 10.1. The number of aromatic hydroxyl groups is 1. The number of nitrogens with zero attached hydrogens (tertiary/aromatic N) is 3. The van der Waals surface area contributed by atoms with Crippen LogP contribution in [0.2, 0.25) is 0 Å². The number of aromatic nitrogens is 3. The first-order valence-corrected chi connectivity index (χ1v) is 9.76. The van der Waals surface area contributed by atoms with Gasteiger partial charge in [-0.25, -0.2) is 0 Å². The van der Waals surface area contributed by atoms with Crippen LogP contribution < -0.4 is 0 Å². The minimum atomic E-state index is 0.167. The fourth-order valence-electron chi connectivity index (χ4n) is 2.92. The minimum Gasteiger partial charge on any atom is -0.506 e. The maximum Gasteiger partial charge on any atom is 0.143 e. The molecule has 0 saturated carbocycles. The SMILES string of the molecule is Cc1ccc(O)c(-n2nc3ccc(Sc4ccc(C(C)C)cc4)cc3n2)c1. The van der Waals surface area contributed by atoms with Crippen LogP contribution >= 0.6 is 11.8 Å². The number of fused-ring (bicyclic) bond motifs is 1. The molecule has 1 aromatic heterocycles. The predicted octanol–water partition coefficient (Wildman–Crippen LogP) is 5.71. The van der Waals surface area contributed by atoms with Crippen molar-refractivity contribution in [2.45, 2.75) is 36.5 Å². The van der Waals surface area contributed by atoms with Crippen LogP contribution in [0.1, 0.15) is 30.9 Å². The van der Waals surface area contributed by atoms with Gasteiger partial charge in [-0.15, -0.1) is 15.0 Å². The lowest BCUT2D eigenvalue weighted by Gasteiger charge is -2.06. The molecule has 5 heteroatoms. The highest BCUT2D eigenvalue weighted by Gasteiger charge is 2.10. The Labute approximate surface area is 162 Å².